The highest BCUT2D eigenvalue weighted by molar-refractivity contribution is 6.53. The topological polar surface area (TPSA) is 82.1 Å². The Bertz CT molecular complexity index is 1450. The zero-order chi connectivity index (χ0) is 24.5. The van der Waals surface area contributed by atoms with Crippen LogP contribution >= 0.6 is 0 Å². The van der Waals surface area contributed by atoms with Crippen LogP contribution < -0.4 is 14.6 Å². The molecule has 0 N–H and O–H groups in total. The van der Waals surface area contributed by atoms with Crippen molar-refractivity contribution >= 4 is 28.8 Å². The maximum Gasteiger partial charge on any atom is 0.331 e. The molecule has 0 unspecified atom stereocenters. The van der Waals surface area contributed by atoms with Gasteiger partial charge in [-0.25, -0.2) is 14.0 Å². The number of halogens is 1. The molecule has 2 aromatic heterocycles. The number of amides is 2. The molecule has 0 fully saturated rings. The Morgan fingerprint density at radius 1 is 0.886 bits per heavy atom. The van der Waals surface area contributed by atoms with Gasteiger partial charge in [0.05, 0.1) is 17.1 Å². The first-order valence-corrected chi connectivity index (χ1v) is 11.2. The van der Waals surface area contributed by atoms with Gasteiger partial charge in [-0.3, -0.25) is 9.59 Å². The summed E-state index contributed by atoms with van der Waals surface area (Å²) in [5.74, 6) is -2.12. The minimum absolute atomic E-state index is 0.00290. The minimum atomic E-state index is -0.597. The van der Waals surface area contributed by atoms with Crippen LogP contribution in [-0.2, 0) is 16.0 Å². The van der Waals surface area contributed by atoms with E-state index in [9.17, 15) is 19.1 Å². The summed E-state index contributed by atoms with van der Waals surface area (Å²) < 4.78 is 16.2. The Hall–Kier alpha value is -4.59. The molecular weight excluding hydrogens is 447 g/mol. The number of hydrogen-bond donors (Lipinski definition) is 0. The van der Waals surface area contributed by atoms with Crippen molar-refractivity contribution in [3.8, 4) is 11.6 Å². The molecule has 3 heterocycles. The maximum atomic E-state index is 13.8. The predicted molar refractivity (Wildman–Crippen MR) is 126 cm³/mol. The highest BCUT2D eigenvalue weighted by Gasteiger charge is 2.47. The third-order valence-electron chi connectivity index (χ3n) is 5.77. The number of anilines is 1. The van der Waals surface area contributed by atoms with Crippen molar-refractivity contribution < 1.29 is 23.7 Å². The number of imide groups is 1. The lowest BCUT2D eigenvalue weighted by atomic mass is 10.0. The Kier molecular flexibility index (Phi) is 5.70. The summed E-state index contributed by atoms with van der Waals surface area (Å²) in [6, 6.07) is 19.2. The molecule has 0 atom stereocenters. The smallest absolute Gasteiger partial charge is 0.331 e. The van der Waals surface area contributed by atoms with Crippen molar-refractivity contribution in [1.82, 2.24) is 9.78 Å². The van der Waals surface area contributed by atoms with Crippen LogP contribution in [0.2, 0.25) is 0 Å². The summed E-state index contributed by atoms with van der Waals surface area (Å²) in [6.45, 7) is 1.93. The van der Waals surface area contributed by atoms with E-state index in [1.807, 2.05) is 6.92 Å². The third-order valence-corrected chi connectivity index (χ3v) is 5.77. The molecule has 174 valence electrons. The van der Waals surface area contributed by atoms with Crippen LogP contribution in [0, 0.1) is 5.82 Å². The van der Waals surface area contributed by atoms with E-state index in [0.29, 0.717) is 29.9 Å². The van der Waals surface area contributed by atoms with E-state index in [1.165, 1.54) is 24.3 Å². The van der Waals surface area contributed by atoms with Gasteiger partial charge < -0.3 is 5.11 Å². The summed E-state index contributed by atoms with van der Waals surface area (Å²) in [7, 11) is 0. The van der Waals surface area contributed by atoms with Gasteiger partial charge in [0.2, 0.25) is 0 Å². The molecule has 1 aliphatic rings. The molecule has 0 saturated carbocycles. The molecule has 5 rings (SSSR count). The van der Waals surface area contributed by atoms with Gasteiger partial charge in [-0.15, -0.1) is 0 Å². The highest BCUT2D eigenvalue weighted by atomic mass is 19.1. The molecule has 0 aliphatic carbocycles. The van der Waals surface area contributed by atoms with Crippen LogP contribution in [0.1, 0.15) is 24.6 Å². The number of nitrogens with zero attached hydrogens (tertiary/aromatic N) is 4. The Labute approximate surface area is 201 Å². The average molecular weight is 468 g/mol. The van der Waals surface area contributed by atoms with Crippen molar-refractivity contribution in [3.05, 3.63) is 102 Å². The molecule has 1 aliphatic heterocycles. The first-order valence-electron chi connectivity index (χ1n) is 11.2. The number of carbonyl (C=O) groups excluding carboxylic acids is 2. The molecule has 35 heavy (non-hydrogen) atoms. The molecule has 0 bridgehead atoms. The van der Waals surface area contributed by atoms with Crippen molar-refractivity contribution in [2.75, 3.05) is 4.90 Å². The molecule has 0 spiro atoms. The molecule has 0 radical (unpaired) electrons. The van der Waals surface area contributed by atoms with E-state index in [1.54, 1.807) is 65.5 Å². The van der Waals surface area contributed by atoms with Crippen LogP contribution in [0.5, 0.6) is 5.88 Å². The van der Waals surface area contributed by atoms with Crippen LogP contribution in [0.25, 0.3) is 17.0 Å². The second kappa shape index (κ2) is 8.98. The average Bonchev–Trinajstić information content (AvgIpc) is 3.32. The first-order chi connectivity index (χ1) is 17.0. The summed E-state index contributed by atoms with van der Waals surface area (Å²) in [4.78, 5) is 28.5. The molecule has 2 amide bonds. The largest absolute Gasteiger partial charge is 0.858 e. The maximum absolute atomic E-state index is 13.8. The minimum Gasteiger partial charge on any atom is -0.858 e. The van der Waals surface area contributed by atoms with Crippen LogP contribution in [0.15, 0.2) is 85.2 Å². The second-order valence-electron chi connectivity index (χ2n) is 8.05. The van der Waals surface area contributed by atoms with Gasteiger partial charge in [0.25, 0.3) is 11.6 Å². The molecule has 8 heteroatoms. The van der Waals surface area contributed by atoms with E-state index in [2.05, 4.69) is 5.10 Å². The molecule has 2 aromatic carbocycles. The van der Waals surface area contributed by atoms with E-state index in [4.69, 9.17) is 0 Å². The number of rotatable bonds is 6. The Morgan fingerprint density at radius 3 is 2.20 bits per heavy atom. The van der Waals surface area contributed by atoms with Gasteiger partial charge in [0.15, 0.2) is 12.4 Å². The standard InChI is InChI=1S/C27H21FN4O3/c1-2-9-21-22(26(34)32(29-21)20-14-12-18(28)13-15-20)23-24(30-16-7-4-8-17-30)27(35)31(25(23)33)19-10-5-3-6-11-19/h3-8,10-17H,2,9H2,1H3. The number of pyridine rings is 1. The van der Waals surface area contributed by atoms with E-state index < -0.39 is 23.5 Å². The molecule has 4 aromatic rings. The quantitative estimate of drug-likeness (QED) is 0.321. The zero-order valence-corrected chi connectivity index (χ0v) is 18.9. The zero-order valence-electron chi connectivity index (χ0n) is 18.9. The SMILES string of the molecule is CCCc1nn(-c2ccc(F)cc2)c([O-])c1C1=C([n+]2ccccc2)C(=O)N(c2ccccc2)C1=O. The van der Waals surface area contributed by atoms with Gasteiger partial charge >= 0.3 is 5.91 Å². The Morgan fingerprint density at radius 2 is 1.54 bits per heavy atom. The van der Waals surface area contributed by atoms with Gasteiger partial charge in [-0.05, 0) is 48.7 Å². The van der Waals surface area contributed by atoms with Gasteiger partial charge in [-0.1, -0.05) is 37.6 Å². The number of aryl methyl sites for hydroxylation is 1. The molecule has 7 nitrogen and oxygen atoms in total. The monoisotopic (exact) mass is 468 g/mol. The molecular formula is C27H21FN4O3. The van der Waals surface area contributed by atoms with Crippen LogP contribution in [0.4, 0.5) is 10.1 Å². The van der Waals surface area contributed by atoms with E-state index >= 15 is 0 Å². The number of benzene rings is 2. The van der Waals surface area contributed by atoms with Crippen molar-refractivity contribution in [1.29, 1.82) is 0 Å². The number of carbonyl (C=O) groups is 2. The number of aromatic nitrogens is 3. The lowest BCUT2D eigenvalue weighted by molar-refractivity contribution is -0.576. The predicted octanol–water partition coefficient (Wildman–Crippen LogP) is 3.27. The lowest BCUT2D eigenvalue weighted by Gasteiger charge is -2.15. The van der Waals surface area contributed by atoms with Crippen LogP contribution in [-0.4, -0.2) is 21.6 Å². The first kappa shape index (κ1) is 22.2. The third kappa shape index (κ3) is 3.78. The van der Waals surface area contributed by atoms with Crippen molar-refractivity contribution in [2.45, 2.75) is 19.8 Å². The normalized spacial score (nSPS) is 13.7. The summed E-state index contributed by atoms with van der Waals surface area (Å²) in [5.41, 5.74) is 1.33. The summed E-state index contributed by atoms with van der Waals surface area (Å²) in [6.07, 6.45) is 4.40. The fraction of sp³-hybridized carbons (Fsp3) is 0.111. The van der Waals surface area contributed by atoms with E-state index in [-0.39, 0.29) is 16.8 Å². The number of hydrogen-bond acceptors (Lipinski definition) is 4. The van der Waals surface area contributed by atoms with Crippen LogP contribution in [0.3, 0.4) is 0 Å². The fourth-order valence-electron chi connectivity index (χ4n) is 4.21. The fourth-order valence-corrected chi connectivity index (χ4v) is 4.21. The second-order valence-corrected chi connectivity index (χ2v) is 8.05. The van der Waals surface area contributed by atoms with Gasteiger partial charge in [-0.2, -0.15) is 9.67 Å². The van der Waals surface area contributed by atoms with Gasteiger partial charge in [0, 0.05) is 17.7 Å². The molecule has 0 saturated heterocycles. The summed E-state index contributed by atoms with van der Waals surface area (Å²) >= 11 is 0. The van der Waals surface area contributed by atoms with Crippen molar-refractivity contribution in [2.24, 2.45) is 0 Å². The lowest BCUT2D eigenvalue weighted by Crippen LogP contribution is -2.39. The van der Waals surface area contributed by atoms with Crippen molar-refractivity contribution in [3.63, 3.8) is 0 Å². The highest BCUT2D eigenvalue weighted by Crippen LogP contribution is 2.38. The van der Waals surface area contributed by atoms with E-state index in [0.717, 1.165) is 9.58 Å². The van der Waals surface area contributed by atoms with Gasteiger partial charge in [0.1, 0.15) is 11.4 Å². The number of para-hydroxylation sites is 1. The Balaban J connectivity index is 1.76. The summed E-state index contributed by atoms with van der Waals surface area (Å²) in [5, 5.41) is 18.2.